The van der Waals surface area contributed by atoms with Gasteiger partial charge in [0.2, 0.25) is 10.0 Å². The summed E-state index contributed by atoms with van der Waals surface area (Å²) in [5.41, 5.74) is 0.0450. The van der Waals surface area contributed by atoms with E-state index in [9.17, 15) is 13.5 Å². The van der Waals surface area contributed by atoms with Crippen LogP contribution < -0.4 is 0 Å². The first-order valence-electron chi connectivity index (χ1n) is 6.73. The first-order valence-corrected chi connectivity index (χ1v) is 8.96. The Hall–Kier alpha value is -0.470. The summed E-state index contributed by atoms with van der Waals surface area (Å²) in [7, 11) is -3.63. The minimum Gasteiger partial charge on any atom is -0.392 e. The zero-order chi connectivity index (χ0) is 15.8. The van der Waals surface area contributed by atoms with Crippen LogP contribution in [0.1, 0.15) is 26.3 Å². The van der Waals surface area contributed by atoms with Crippen LogP contribution in [0.25, 0.3) is 0 Å². The Morgan fingerprint density at radius 1 is 1.48 bits per heavy atom. The summed E-state index contributed by atoms with van der Waals surface area (Å²) in [6.07, 6.45) is -0.164. The van der Waals surface area contributed by atoms with Gasteiger partial charge in [0.25, 0.3) is 0 Å². The Kier molecular flexibility index (Phi) is 4.80. The third-order valence-corrected chi connectivity index (χ3v) is 6.14. The van der Waals surface area contributed by atoms with Gasteiger partial charge < -0.3 is 9.84 Å². The number of aliphatic hydroxyl groups excluding tert-OH is 1. The molecule has 0 spiro atoms. The van der Waals surface area contributed by atoms with Crippen molar-refractivity contribution in [3.8, 4) is 0 Å². The lowest BCUT2D eigenvalue weighted by Crippen LogP contribution is -2.53. The molecule has 1 aliphatic heterocycles. The average molecular weight is 378 g/mol. The van der Waals surface area contributed by atoms with E-state index < -0.39 is 15.6 Å². The minimum atomic E-state index is -3.63. The van der Waals surface area contributed by atoms with E-state index in [0.717, 1.165) is 0 Å². The van der Waals surface area contributed by atoms with Gasteiger partial charge in [0, 0.05) is 17.6 Å². The normalized spacial score (nSPS) is 23.2. The molecule has 1 aromatic carbocycles. The first kappa shape index (κ1) is 16.9. The van der Waals surface area contributed by atoms with Gasteiger partial charge >= 0.3 is 0 Å². The van der Waals surface area contributed by atoms with E-state index >= 15 is 0 Å². The topological polar surface area (TPSA) is 66.8 Å². The molecule has 1 fully saturated rings. The molecule has 0 aromatic heterocycles. The predicted molar refractivity (Wildman–Crippen MR) is 83.4 cm³/mol. The Balaban J connectivity index is 2.42. The molecule has 118 valence electrons. The number of morpholine rings is 1. The number of ether oxygens (including phenoxy) is 1. The third kappa shape index (κ3) is 3.65. The second-order valence-electron chi connectivity index (χ2n) is 5.91. The molecule has 1 atom stereocenters. The zero-order valence-electron chi connectivity index (χ0n) is 12.3. The molecule has 0 aliphatic carbocycles. The van der Waals surface area contributed by atoms with Crippen molar-refractivity contribution in [2.24, 2.45) is 0 Å². The Bertz CT molecular complexity index is 630. The summed E-state index contributed by atoms with van der Waals surface area (Å²) in [5.74, 6) is 0. The number of rotatable bonds is 3. The van der Waals surface area contributed by atoms with E-state index in [-0.39, 0.29) is 17.6 Å². The van der Waals surface area contributed by atoms with Gasteiger partial charge in [-0.05, 0) is 54.4 Å². The van der Waals surface area contributed by atoms with Gasteiger partial charge in [-0.25, -0.2) is 8.42 Å². The van der Waals surface area contributed by atoms with Crippen LogP contribution in [0.5, 0.6) is 0 Å². The molecule has 1 aliphatic rings. The third-order valence-electron chi connectivity index (χ3n) is 3.33. The van der Waals surface area contributed by atoms with Crippen LogP contribution in [0, 0.1) is 0 Å². The van der Waals surface area contributed by atoms with Gasteiger partial charge in [0.15, 0.2) is 0 Å². The molecule has 0 bridgehead atoms. The van der Waals surface area contributed by atoms with Crippen LogP contribution in [0.3, 0.4) is 0 Å². The smallest absolute Gasteiger partial charge is 0.244 e. The van der Waals surface area contributed by atoms with Crippen LogP contribution in [-0.4, -0.2) is 42.6 Å². The number of benzene rings is 1. The van der Waals surface area contributed by atoms with Gasteiger partial charge in [-0.15, -0.1) is 0 Å². The molecule has 0 saturated carbocycles. The number of halogens is 1. The molecule has 7 heteroatoms. The standard InChI is InChI=1S/C14H20BrNO4S/c1-10-7-16(9-14(2,3)20-10)21(18,19)13-6-11(8-17)4-5-12(13)15/h4-6,10,17H,7-9H2,1-3H3. The van der Waals surface area contributed by atoms with Crippen molar-refractivity contribution < 1.29 is 18.3 Å². The fourth-order valence-corrected chi connectivity index (χ4v) is 5.20. The predicted octanol–water partition coefficient (Wildman–Crippen LogP) is 2.13. The van der Waals surface area contributed by atoms with Crippen molar-refractivity contribution in [2.75, 3.05) is 13.1 Å². The number of nitrogens with zero attached hydrogens (tertiary/aromatic N) is 1. The lowest BCUT2D eigenvalue weighted by molar-refractivity contribution is -0.109. The van der Waals surface area contributed by atoms with Gasteiger partial charge in [-0.1, -0.05) is 6.07 Å². The van der Waals surface area contributed by atoms with E-state index in [2.05, 4.69) is 15.9 Å². The number of aliphatic hydroxyl groups is 1. The molecule has 1 aromatic rings. The van der Waals surface area contributed by atoms with Crippen LogP contribution >= 0.6 is 15.9 Å². The monoisotopic (exact) mass is 377 g/mol. The molecule has 1 saturated heterocycles. The lowest BCUT2D eigenvalue weighted by Gasteiger charge is -2.41. The fourth-order valence-electron chi connectivity index (χ4n) is 2.56. The van der Waals surface area contributed by atoms with E-state index in [0.29, 0.717) is 23.1 Å². The summed E-state index contributed by atoms with van der Waals surface area (Å²) in [4.78, 5) is 0.180. The van der Waals surface area contributed by atoms with E-state index in [1.165, 1.54) is 10.4 Å². The highest BCUT2D eigenvalue weighted by molar-refractivity contribution is 9.10. The lowest BCUT2D eigenvalue weighted by atomic mass is 10.1. The van der Waals surface area contributed by atoms with Crippen LogP contribution in [0.2, 0.25) is 0 Å². The summed E-state index contributed by atoms with van der Waals surface area (Å²) < 4.78 is 33.4. The van der Waals surface area contributed by atoms with E-state index in [4.69, 9.17) is 4.74 Å². The number of sulfonamides is 1. The fraction of sp³-hybridized carbons (Fsp3) is 0.571. The molecule has 1 heterocycles. The molecular weight excluding hydrogens is 358 g/mol. The van der Waals surface area contributed by atoms with E-state index in [1.54, 1.807) is 12.1 Å². The average Bonchev–Trinajstić information content (AvgIpc) is 2.36. The molecule has 2 rings (SSSR count). The number of hydrogen-bond acceptors (Lipinski definition) is 4. The summed E-state index contributed by atoms with van der Waals surface area (Å²) >= 11 is 3.29. The van der Waals surface area contributed by atoms with Crippen molar-refractivity contribution in [1.29, 1.82) is 0 Å². The highest BCUT2D eigenvalue weighted by Gasteiger charge is 2.38. The highest BCUT2D eigenvalue weighted by Crippen LogP contribution is 2.30. The Morgan fingerprint density at radius 3 is 2.71 bits per heavy atom. The molecular formula is C14H20BrNO4S. The summed E-state index contributed by atoms with van der Waals surface area (Å²) in [6, 6.07) is 4.84. The molecule has 5 nitrogen and oxygen atoms in total. The summed E-state index contributed by atoms with van der Waals surface area (Å²) in [6.45, 7) is 6.05. The van der Waals surface area contributed by atoms with Gasteiger partial charge in [-0.2, -0.15) is 4.31 Å². The Labute approximate surface area is 134 Å². The second kappa shape index (κ2) is 5.96. The maximum Gasteiger partial charge on any atom is 0.244 e. The van der Waals surface area contributed by atoms with Crippen LogP contribution in [0.15, 0.2) is 27.6 Å². The van der Waals surface area contributed by atoms with Crippen LogP contribution in [0.4, 0.5) is 0 Å². The maximum absolute atomic E-state index is 12.9. The van der Waals surface area contributed by atoms with E-state index in [1.807, 2.05) is 20.8 Å². The van der Waals surface area contributed by atoms with Crippen molar-refractivity contribution in [2.45, 2.75) is 44.0 Å². The molecule has 0 radical (unpaired) electrons. The molecule has 0 amide bonds. The van der Waals surface area contributed by atoms with Gasteiger partial charge in [0.1, 0.15) is 0 Å². The molecule has 21 heavy (non-hydrogen) atoms. The first-order chi connectivity index (χ1) is 9.65. The largest absolute Gasteiger partial charge is 0.392 e. The maximum atomic E-state index is 12.9. The molecule has 1 N–H and O–H groups in total. The minimum absolute atomic E-state index is 0.164. The molecule has 1 unspecified atom stereocenters. The summed E-state index contributed by atoms with van der Waals surface area (Å²) in [5, 5.41) is 9.21. The SMILES string of the molecule is CC1CN(S(=O)(=O)c2cc(CO)ccc2Br)CC(C)(C)O1. The number of hydrogen-bond donors (Lipinski definition) is 1. The highest BCUT2D eigenvalue weighted by atomic mass is 79.9. The van der Waals surface area contributed by atoms with Crippen molar-refractivity contribution >= 4 is 26.0 Å². The second-order valence-corrected chi connectivity index (χ2v) is 8.67. The Morgan fingerprint density at radius 2 is 2.14 bits per heavy atom. The van der Waals surface area contributed by atoms with Crippen molar-refractivity contribution in [3.05, 3.63) is 28.2 Å². The quantitative estimate of drug-likeness (QED) is 0.875. The van der Waals surface area contributed by atoms with Crippen molar-refractivity contribution in [3.63, 3.8) is 0 Å². The van der Waals surface area contributed by atoms with Crippen LogP contribution in [-0.2, 0) is 21.4 Å². The zero-order valence-corrected chi connectivity index (χ0v) is 14.7. The van der Waals surface area contributed by atoms with Crippen molar-refractivity contribution in [1.82, 2.24) is 4.31 Å². The van der Waals surface area contributed by atoms with Gasteiger partial charge in [0.05, 0.1) is 23.2 Å². The van der Waals surface area contributed by atoms with Gasteiger partial charge in [-0.3, -0.25) is 0 Å².